The van der Waals surface area contributed by atoms with Gasteiger partial charge >= 0.3 is 16.1 Å². The third kappa shape index (κ3) is 7.69. The number of hydrogen-bond acceptors (Lipinski definition) is 9. The van der Waals surface area contributed by atoms with Crippen molar-refractivity contribution in [3.05, 3.63) is 53.6 Å². The van der Waals surface area contributed by atoms with Crippen molar-refractivity contribution in [2.75, 3.05) is 13.2 Å². The fraction of sp³-hybridized carbons (Fsp3) is 0.250. The maximum absolute atomic E-state index is 12.6. The molecule has 0 heterocycles. The Morgan fingerprint density at radius 3 is 2.66 bits per heavy atom. The molecule has 0 radical (unpaired) electrons. The number of ether oxygens (including phenoxy) is 1. The molecule has 0 aliphatic heterocycles. The summed E-state index contributed by atoms with van der Waals surface area (Å²) < 4.78 is 36.1. The number of hydrazone groups is 1. The highest BCUT2D eigenvalue weighted by molar-refractivity contribution is 7.87. The van der Waals surface area contributed by atoms with E-state index in [-0.39, 0.29) is 22.2 Å². The zero-order valence-corrected chi connectivity index (χ0v) is 18.3. The Kier molecular flexibility index (Phi) is 8.67. The second-order valence-electron chi connectivity index (χ2n) is 6.43. The van der Waals surface area contributed by atoms with Gasteiger partial charge in [-0.15, -0.1) is 5.10 Å². The fourth-order valence-corrected chi connectivity index (χ4v) is 3.49. The number of carbonyl (C=O) groups is 1. The molecule has 2 aromatic rings. The van der Waals surface area contributed by atoms with Gasteiger partial charge in [-0.1, -0.05) is 12.1 Å². The van der Waals surface area contributed by atoms with Gasteiger partial charge in [-0.25, -0.2) is 0 Å². The average molecular weight is 462 g/mol. The van der Waals surface area contributed by atoms with Gasteiger partial charge in [0, 0.05) is 26.0 Å². The van der Waals surface area contributed by atoms with Gasteiger partial charge in [0.05, 0.1) is 12.2 Å². The van der Waals surface area contributed by atoms with Crippen molar-refractivity contribution in [1.82, 2.24) is 10.9 Å². The van der Waals surface area contributed by atoms with Gasteiger partial charge in [0.2, 0.25) is 5.96 Å². The van der Waals surface area contributed by atoms with E-state index in [1.165, 1.54) is 31.2 Å². The Bertz CT molecular complexity index is 1130. The molecule has 4 N–H and O–H groups in total. The predicted molar refractivity (Wildman–Crippen MR) is 115 cm³/mol. The highest BCUT2D eigenvalue weighted by Crippen LogP contribution is 2.26. The summed E-state index contributed by atoms with van der Waals surface area (Å²) >= 11 is 0. The molecule has 0 saturated carbocycles. The SMILES string of the molecule is CC(=O)ONC(N)=NNCCCOc1cc(C)cc(OS(=O)(=O)c2ccccc2C#N)c1. The minimum Gasteiger partial charge on any atom is -0.493 e. The first kappa shape index (κ1) is 24.3. The van der Waals surface area contributed by atoms with E-state index in [0.717, 1.165) is 5.56 Å². The largest absolute Gasteiger partial charge is 0.493 e. The van der Waals surface area contributed by atoms with Crippen molar-refractivity contribution in [3.8, 4) is 17.6 Å². The first-order chi connectivity index (χ1) is 15.2. The van der Waals surface area contributed by atoms with Crippen molar-refractivity contribution < 1.29 is 27.0 Å². The summed E-state index contributed by atoms with van der Waals surface area (Å²) in [5.74, 6) is -0.177. The standard InChI is InChI=1S/C20H23N5O6S/c1-14-10-17(29-9-5-8-23-24-20(22)25-30-15(2)26)12-18(11-14)31-32(27,28)19-7-4-3-6-16(19)13-21/h3-4,6-7,10-12,23H,5,8-9H2,1-2H3,(H3,22,24,25). The van der Waals surface area contributed by atoms with E-state index in [0.29, 0.717) is 25.3 Å². The third-order valence-electron chi connectivity index (χ3n) is 3.71. The van der Waals surface area contributed by atoms with E-state index in [1.807, 2.05) is 6.07 Å². The third-order valence-corrected chi connectivity index (χ3v) is 5.01. The number of rotatable bonds is 9. The number of nitrogens with two attached hydrogens (primary N) is 1. The highest BCUT2D eigenvalue weighted by atomic mass is 32.2. The average Bonchev–Trinajstić information content (AvgIpc) is 2.74. The monoisotopic (exact) mass is 461 g/mol. The summed E-state index contributed by atoms with van der Waals surface area (Å²) in [7, 11) is -4.19. The van der Waals surface area contributed by atoms with Crippen molar-refractivity contribution in [1.29, 1.82) is 5.26 Å². The zero-order chi connectivity index (χ0) is 23.6. The molecule has 0 fully saturated rings. The molecule has 32 heavy (non-hydrogen) atoms. The van der Waals surface area contributed by atoms with Crippen molar-refractivity contribution in [2.24, 2.45) is 10.8 Å². The van der Waals surface area contributed by atoms with Crippen LogP contribution in [0.5, 0.6) is 11.5 Å². The van der Waals surface area contributed by atoms with Crippen LogP contribution in [0.25, 0.3) is 0 Å². The van der Waals surface area contributed by atoms with Crippen LogP contribution >= 0.6 is 0 Å². The second-order valence-corrected chi connectivity index (χ2v) is 7.94. The lowest BCUT2D eigenvalue weighted by Crippen LogP contribution is -2.35. The van der Waals surface area contributed by atoms with Gasteiger partial charge in [0.15, 0.2) is 0 Å². The van der Waals surface area contributed by atoms with Crippen LogP contribution in [-0.2, 0) is 19.8 Å². The summed E-state index contributed by atoms with van der Waals surface area (Å²) in [6.07, 6.45) is 0.544. The van der Waals surface area contributed by atoms with Crippen molar-refractivity contribution in [3.63, 3.8) is 0 Å². The van der Waals surface area contributed by atoms with Crippen LogP contribution in [-0.4, -0.2) is 33.5 Å². The maximum Gasteiger partial charge on any atom is 0.340 e. The number of aryl methyl sites for hydroxylation is 1. The van der Waals surface area contributed by atoms with Crippen LogP contribution < -0.4 is 25.6 Å². The lowest BCUT2D eigenvalue weighted by atomic mass is 10.2. The predicted octanol–water partition coefficient (Wildman–Crippen LogP) is 1.29. The number of guanidine groups is 1. The van der Waals surface area contributed by atoms with Crippen molar-refractivity contribution in [2.45, 2.75) is 25.2 Å². The Morgan fingerprint density at radius 2 is 1.94 bits per heavy atom. The molecule has 2 rings (SSSR count). The number of nitrogens with one attached hydrogen (secondary N) is 2. The van der Waals surface area contributed by atoms with E-state index in [9.17, 15) is 13.2 Å². The van der Waals surface area contributed by atoms with E-state index < -0.39 is 16.1 Å². The molecule has 2 aromatic carbocycles. The lowest BCUT2D eigenvalue weighted by Gasteiger charge is -2.12. The first-order valence-corrected chi connectivity index (χ1v) is 10.8. The minimum atomic E-state index is -4.19. The van der Waals surface area contributed by atoms with Crippen LogP contribution in [0.4, 0.5) is 0 Å². The molecule has 0 amide bonds. The Morgan fingerprint density at radius 1 is 1.22 bits per heavy atom. The Labute approximate surface area is 185 Å². The maximum atomic E-state index is 12.6. The van der Waals surface area contributed by atoms with Crippen LogP contribution in [0.1, 0.15) is 24.5 Å². The van der Waals surface area contributed by atoms with Gasteiger partial charge in [-0.05, 0) is 36.8 Å². The van der Waals surface area contributed by atoms with Crippen molar-refractivity contribution >= 4 is 22.0 Å². The van der Waals surface area contributed by atoms with Crippen LogP contribution in [0.3, 0.4) is 0 Å². The lowest BCUT2D eigenvalue weighted by molar-refractivity contribution is -0.145. The zero-order valence-electron chi connectivity index (χ0n) is 17.5. The summed E-state index contributed by atoms with van der Waals surface area (Å²) in [4.78, 5) is 14.9. The molecular weight excluding hydrogens is 438 g/mol. The summed E-state index contributed by atoms with van der Waals surface area (Å²) in [5, 5.41) is 12.9. The molecule has 0 aliphatic rings. The highest BCUT2D eigenvalue weighted by Gasteiger charge is 2.21. The number of nitriles is 1. The molecule has 0 unspecified atom stereocenters. The van der Waals surface area contributed by atoms with E-state index in [2.05, 4.69) is 20.8 Å². The molecule has 0 atom stereocenters. The molecule has 0 spiro atoms. The number of benzene rings is 2. The summed E-state index contributed by atoms with van der Waals surface area (Å²) in [6.45, 7) is 3.70. The normalized spacial score (nSPS) is 11.2. The second kappa shape index (κ2) is 11.4. The molecule has 0 saturated heterocycles. The number of hydroxylamine groups is 1. The molecular formula is C20H23N5O6S. The quantitative estimate of drug-likeness (QED) is 0.163. The topological polar surface area (TPSA) is 165 Å². The molecule has 170 valence electrons. The van der Waals surface area contributed by atoms with Gasteiger partial charge in [0.25, 0.3) is 0 Å². The minimum absolute atomic E-state index is 0.00419. The van der Waals surface area contributed by atoms with E-state index >= 15 is 0 Å². The van der Waals surface area contributed by atoms with Crippen LogP contribution in [0, 0.1) is 18.3 Å². The Balaban J connectivity index is 1.92. The molecule has 11 nitrogen and oxygen atoms in total. The van der Waals surface area contributed by atoms with Gasteiger partial charge in [-0.2, -0.15) is 19.2 Å². The summed E-state index contributed by atoms with van der Waals surface area (Å²) in [6, 6.07) is 12.4. The Hall–Kier alpha value is -3.98. The molecule has 12 heteroatoms. The summed E-state index contributed by atoms with van der Waals surface area (Å²) in [5.41, 5.74) is 11.0. The molecule has 0 bridgehead atoms. The first-order valence-electron chi connectivity index (χ1n) is 9.39. The number of hydrogen-bond donors (Lipinski definition) is 3. The van der Waals surface area contributed by atoms with Crippen LogP contribution in [0.2, 0.25) is 0 Å². The fourth-order valence-electron chi connectivity index (χ4n) is 2.42. The smallest absolute Gasteiger partial charge is 0.340 e. The number of nitrogens with zero attached hydrogens (tertiary/aromatic N) is 2. The van der Waals surface area contributed by atoms with Crippen LogP contribution in [0.15, 0.2) is 52.5 Å². The van der Waals surface area contributed by atoms with E-state index in [4.69, 9.17) is 19.9 Å². The molecule has 0 aromatic heterocycles. The van der Waals surface area contributed by atoms with Gasteiger partial charge in [-0.3, -0.25) is 4.79 Å². The molecule has 0 aliphatic carbocycles. The van der Waals surface area contributed by atoms with Gasteiger partial charge in [0.1, 0.15) is 22.5 Å². The van der Waals surface area contributed by atoms with E-state index in [1.54, 1.807) is 25.1 Å². The van der Waals surface area contributed by atoms with Gasteiger partial charge < -0.3 is 24.9 Å². The number of carbonyl (C=O) groups excluding carboxylic acids is 1.